The first-order chi connectivity index (χ1) is 11.1. The molecule has 5 nitrogen and oxygen atoms in total. The van der Waals surface area contributed by atoms with E-state index in [0.717, 1.165) is 19.5 Å². The van der Waals surface area contributed by atoms with Crippen LogP contribution in [0, 0.1) is 6.92 Å². The summed E-state index contributed by atoms with van der Waals surface area (Å²) >= 11 is 0. The summed E-state index contributed by atoms with van der Waals surface area (Å²) in [6, 6.07) is 8.54. The zero-order valence-corrected chi connectivity index (χ0v) is 14.2. The van der Waals surface area contributed by atoms with Crippen LogP contribution in [0.4, 0.5) is 0 Å². The Hall–Kier alpha value is -2.14. The standard InChI is InChI=1S/C18H26N4O/c1-4-17(12-22-10-9-19-14-22)20-18(23)13-21(3)11-16-7-5-15(2)6-8-16/h5-10,14,17H,4,11-13H2,1-3H3,(H,20,23)/t17-/m1/s1. The van der Waals surface area contributed by atoms with Gasteiger partial charge in [-0.15, -0.1) is 0 Å². The lowest BCUT2D eigenvalue weighted by Crippen LogP contribution is -2.42. The van der Waals surface area contributed by atoms with Crippen molar-refractivity contribution in [1.82, 2.24) is 19.8 Å². The summed E-state index contributed by atoms with van der Waals surface area (Å²) in [5, 5.41) is 3.10. The summed E-state index contributed by atoms with van der Waals surface area (Å²) in [7, 11) is 1.97. The molecule has 0 bridgehead atoms. The van der Waals surface area contributed by atoms with E-state index in [4.69, 9.17) is 0 Å². The Morgan fingerprint density at radius 3 is 2.70 bits per heavy atom. The molecule has 2 rings (SSSR count). The van der Waals surface area contributed by atoms with Crippen molar-refractivity contribution in [2.45, 2.75) is 39.4 Å². The Morgan fingerprint density at radius 1 is 1.35 bits per heavy atom. The highest BCUT2D eigenvalue weighted by Gasteiger charge is 2.13. The minimum absolute atomic E-state index is 0.0616. The van der Waals surface area contributed by atoms with Crippen molar-refractivity contribution in [3.8, 4) is 0 Å². The number of hydrogen-bond donors (Lipinski definition) is 1. The van der Waals surface area contributed by atoms with Gasteiger partial charge >= 0.3 is 0 Å². The average molecular weight is 314 g/mol. The fourth-order valence-corrected chi connectivity index (χ4v) is 2.51. The predicted molar refractivity (Wildman–Crippen MR) is 92.0 cm³/mol. The third-order valence-corrected chi connectivity index (χ3v) is 3.83. The van der Waals surface area contributed by atoms with E-state index < -0.39 is 0 Å². The van der Waals surface area contributed by atoms with Crippen LogP contribution in [-0.4, -0.2) is 40.0 Å². The zero-order chi connectivity index (χ0) is 16.7. The van der Waals surface area contributed by atoms with Gasteiger partial charge in [-0.1, -0.05) is 36.8 Å². The van der Waals surface area contributed by atoms with Gasteiger partial charge in [-0.05, 0) is 26.0 Å². The summed E-state index contributed by atoms with van der Waals surface area (Å²) < 4.78 is 1.99. The summed E-state index contributed by atoms with van der Waals surface area (Å²) in [5.41, 5.74) is 2.47. The molecular formula is C18H26N4O. The number of aryl methyl sites for hydroxylation is 1. The molecule has 1 atom stereocenters. The minimum atomic E-state index is 0.0616. The number of imidazole rings is 1. The summed E-state index contributed by atoms with van der Waals surface area (Å²) in [4.78, 5) is 18.3. The Balaban J connectivity index is 1.79. The molecule has 0 saturated heterocycles. The number of benzene rings is 1. The van der Waals surface area contributed by atoms with Crippen LogP contribution in [0.5, 0.6) is 0 Å². The first kappa shape index (κ1) is 17.2. The third-order valence-electron chi connectivity index (χ3n) is 3.83. The van der Waals surface area contributed by atoms with Crippen LogP contribution in [0.3, 0.4) is 0 Å². The molecule has 1 aromatic carbocycles. The van der Waals surface area contributed by atoms with Crippen molar-refractivity contribution < 1.29 is 4.79 Å². The van der Waals surface area contributed by atoms with Gasteiger partial charge in [0.15, 0.2) is 0 Å². The van der Waals surface area contributed by atoms with Crippen molar-refractivity contribution in [3.63, 3.8) is 0 Å². The monoisotopic (exact) mass is 314 g/mol. The molecule has 2 aromatic rings. The van der Waals surface area contributed by atoms with Crippen LogP contribution in [0.15, 0.2) is 43.0 Å². The summed E-state index contributed by atoms with van der Waals surface area (Å²) in [5.74, 6) is 0.0616. The zero-order valence-electron chi connectivity index (χ0n) is 14.2. The largest absolute Gasteiger partial charge is 0.350 e. The Kier molecular flexibility index (Phi) is 6.35. The fraction of sp³-hybridized carbons (Fsp3) is 0.444. The van der Waals surface area contributed by atoms with E-state index in [9.17, 15) is 4.79 Å². The van der Waals surface area contributed by atoms with Crippen LogP contribution >= 0.6 is 0 Å². The lowest BCUT2D eigenvalue weighted by Gasteiger charge is -2.21. The molecule has 0 fully saturated rings. The van der Waals surface area contributed by atoms with Gasteiger partial charge < -0.3 is 9.88 Å². The molecule has 124 valence electrons. The molecular weight excluding hydrogens is 288 g/mol. The van der Waals surface area contributed by atoms with Gasteiger partial charge in [0.05, 0.1) is 12.9 Å². The normalized spacial score (nSPS) is 12.3. The molecule has 0 spiro atoms. The Morgan fingerprint density at radius 2 is 2.09 bits per heavy atom. The highest BCUT2D eigenvalue weighted by Crippen LogP contribution is 2.05. The maximum atomic E-state index is 12.2. The van der Waals surface area contributed by atoms with E-state index in [1.165, 1.54) is 11.1 Å². The lowest BCUT2D eigenvalue weighted by molar-refractivity contribution is -0.122. The number of amides is 1. The van der Waals surface area contributed by atoms with Crippen molar-refractivity contribution in [2.24, 2.45) is 0 Å². The van der Waals surface area contributed by atoms with Crippen molar-refractivity contribution >= 4 is 5.91 Å². The fourth-order valence-electron chi connectivity index (χ4n) is 2.51. The van der Waals surface area contributed by atoms with Gasteiger partial charge in [-0.3, -0.25) is 9.69 Å². The van der Waals surface area contributed by atoms with E-state index in [1.807, 2.05) is 22.7 Å². The van der Waals surface area contributed by atoms with E-state index in [2.05, 4.69) is 48.4 Å². The summed E-state index contributed by atoms with van der Waals surface area (Å²) in [6.45, 7) is 6.08. The number of hydrogen-bond acceptors (Lipinski definition) is 3. The van der Waals surface area contributed by atoms with Crippen LogP contribution in [0.2, 0.25) is 0 Å². The Labute approximate surface area is 138 Å². The average Bonchev–Trinajstić information content (AvgIpc) is 3.01. The lowest BCUT2D eigenvalue weighted by atomic mass is 10.1. The second kappa shape index (κ2) is 8.48. The maximum absolute atomic E-state index is 12.2. The van der Waals surface area contributed by atoms with Crippen LogP contribution in [0.1, 0.15) is 24.5 Å². The van der Waals surface area contributed by atoms with Crippen LogP contribution in [0.25, 0.3) is 0 Å². The number of nitrogens with zero attached hydrogens (tertiary/aromatic N) is 3. The van der Waals surface area contributed by atoms with E-state index in [1.54, 1.807) is 12.5 Å². The SMILES string of the molecule is CC[C@H](Cn1ccnc1)NC(=O)CN(C)Cc1ccc(C)cc1. The van der Waals surface area contributed by atoms with Crippen molar-refractivity contribution in [1.29, 1.82) is 0 Å². The van der Waals surface area contributed by atoms with Gasteiger partial charge in [0.1, 0.15) is 0 Å². The number of likely N-dealkylation sites (N-methyl/N-ethyl adjacent to an activating group) is 1. The molecule has 0 aliphatic carbocycles. The molecule has 0 unspecified atom stereocenters. The number of nitrogens with one attached hydrogen (secondary N) is 1. The van der Waals surface area contributed by atoms with E-state index in [0.29, 0.717) is 6.54 Å². The molecule has 1 amide bonds. The maximum Gasteiger partial charge on any atom is 0.234 e. The topological polar surface area (TPSA) is 50.2 Å². The molecule has 1 aromatic heterocycles. The highest BCUT2D eigenvalue weighted by molar-refractivity contribution is 5.78. The smallest absolute Gasteiger partial charge is 0.234 e. The molecule has 1 heterocycles. The first-order valence-electron chi connectivity index (χ1n) is 8.06. The van der Waals surface area contributed by atoms with E-state index in [-0.39, 0.29) is 11.9 Å². The molecule has 0 aliphatic rings. The first-order valence-corrected chi connectivity index (χ1v) is 8.06. The molecule has 1 N–H and O–H groups in total. The minimum Gasteiger partial charge on any atom is -0.350 e. The highest BCUT2D eigenvalue weighted by atomic mass is 16.2. The third kappa shape index (κ3) is 5.87. The number of carbonyl (C=O) groups excluding carboxylic acids is 1. The van der Waals surface area contributed by atoms with Gasteiger partial charge in [-0.2, -0.15) is 0 Å². The van der Waals surface area contributed by atoms with Gasteiger partial charge in [0.25, 0.3) is 0 Å². The van der Waals surface area contributed by atoms with Crippen LogP contribution in [-0.2, 0) is 17.9 Å². The number of aromatic nitrogens is 2. The van der Waals surface area contributed by atoms with Gasteiger partial charge in [-0.25, -0.2) is 4.98 Å². The van der Waals surface area contributed by atoms with Gasteiger partial charge in [0, 0.05) is 31.5 Å². The second-order valence-electron chi connectivity index (χ2n) is 6.09. The molecule has 5 heteroatoms. The molecule has 0 saturated carbocycles. The van der Waals surface area contributed by atoms with E-state index >= 15 is 0 Å². The summed E-state index contributed by atoms with van der Waals surface area (Å²) in [6.07, 6.45) is 6.34. The van der Waals surface area contributed by atoms with Gasteiger partial charge in [0.2, 0.25) is 5.91 Å². The quantitative estimate of drug-likeness (QED) is 0.813. The second-order valence-corrected chi connectivity index (χ2v) is 6.09. The van der Waals surface area contributed by atoms with Crippen molar-refractivity contribution in [2.75, 3.05) is 13.6 Å². The van der Waals surface area contributed by atoms with Crippen LogP contribution < -0.4 is 5.32 Å². The Bertz CT molecular complexity index is 592. The molecule has 0 radical (unpaired) electrons. The molecule has 23 heavy (non-hydrogen) atoms. The predicted octanol–water partition coefficient (Wildman–Crippen LogP) is 2.22. The molecule has 0 aliphatic heterocycles. The van der Waals surface area contributed by atoms with Crippen molar-refractivity contribution in [3.05, 3.63) is 54.1 Å². The number of carbonyl (C=O) groups is 1. The number of rotatable bonds is 8.